The standard InChI is InChI=1S/C14H19NO/c1-9-3-10-5-13(16)6-12-8-15(2)7-11(4-9)14(10)12/h3-4,12-13,16H,5-8H2,1-2H3. The third kappa shape index (κ3) is 1.57. The van der Waals surface area contributed by atoms with Crippen LogP contribution in [-0.2, 0) is 13.0 Å². The summed E-state index contributed by atoms with van der Waals surface area (Å²) in [5.74, 6) is 0.549. The summed E-state index contributed by atoms with van der Waals surface area (Å²) in [6.07, 6.45) is 1.65. The van der Waals surface area contributed by atoms with Crippen molar-refractivity contribution >= 4 is 0 Å². The molecule has 2 heteroatoms. The van der Waals surface area contributed by atoms with E-state index < -0.39 is 0 Å². The van der Waals surface area contributed by atoms with E-state index in [1.165, 1.54) is 16.7 Å². The number of aliphatic hydroxyl groups excluding tert-OH is 1. The van der Waals surface area contributed by atoms with Gasteiger partial charge in [-0.3, -0.25) is 0 Å². The van der Waals surface area contributed by atoms with Crippen molar-refractivity contribution in [2.45, 2.75) is 38.3 Å². The number of hydrogen-bond acceptors (Lipinski definition) is 2. The molecule has 2 nitrogen and oxygen atoms in total. The van der Waals surface area contributed by atoms with Gasteiger partial charge in [-0.05, 0) is 49.4 Å². The molecule has 1 heterocycles. The Morgan fingerprint density at radius 3 is 2.88 bits per heavy atom. The van der Waals surface area contributed by atoms with Crippen LogP contribution in [0.1, 0.15) is 34.6 Å². The lowest BCUT2D eigenvalue weighted by molar-refractivity contribution is 0.130. The van der Waals surface area contributed by atoms with Crippen LogP contribution in [0.15, 0.2) is 12.1 Å². The van der Waals surface area contributed by atoms with Crippen molar-refractivity contribution in [3.05, 3.63) is 34.4 Å². The van der Waals surface area contributed by atoms with E-state index in [1.54, 1.807) is 5.56 Å². The van der Waals surface area contributed by atoms with Crippen molar-refractivity contribution in [2.75, 3.05) is 13.6 Å². The molecule has 1 aliphatic heterocycles. The first kappa shape index (κ1) is 10.3. The molecule has 0 fully saturated rings. The van der Waals surface area contributed by atoms with E-state index in [2.05, 4.69) is 31.0 Å². The molecule has 86 valence electrons. The van der Waals surface area contributed by atoms with Crippen molar-refractivity contribution in [1.29, 1.82) is 0 Å². The Hall–Kier alpha value is -0.860. The van der Waals surface area contributed by atoms with E-state index in [4.69, 9.17) is 0 Å². The molecular weight excluding hydrogens is 198 g/mol. The van der Waals surface area contributed by atoms with Crippen LogP contribution in [0.2, 0.25) is 0 Å². The van der Waals surface area contributed by atoms with Crippen molar-refractivity contribution in [3.63, 3.8) is 0 Å². The number of benzene rings is 1. The SMILES string of the molecule is Cc1cc2c3c(c1)CN(C)CC3CC(O)C2. The second-order valence-electron chi connectivity index (χ2n) is 5.48. The van der Waals surface area contributed by atoms with Gasteiger partial charge in [0.15, 0.2) is 0 Å². The monoisotopic (exact) mass is 217 g/mol. The summed E-state index contributed by atoms with van der Waals surface area (Å²) >= 11 is 0. The van der Waals surface area contributed by atoms with Crippen LogP contribution in [-0.4, -0.2) is 29.7 Å². The molecule has 2 unspecified atom stereocenters. The molecule has 0 saturated carbocycles. The lowest BCUT2D eigenvalue weighted by Gasteiger charge is -2.38. The fourth-order valence-corrected chi connectivity index (χ4v) is 3.46. The zero-order chi connectivity index (χ0) is 11.3. The van der Waals surface area contributed by atoms with E-state index in [1.807, 2.05) is 0 Å². The van der Waals surface area contributed by atoms with Gasteiger partial charge in [0.05, 0.1) is 6.10 Å². The molecule has 0 amide bonds. The van der Waals surface area contributed by atoms with Gasteiger partial charge in [-0.25, -0.2) is 0 Å². The fraction of sp³-hybridized carbons (Fsp3) is 0.571. The highest BCUT2D eigenvalue weighted by molar-refractivity contribution is 5.44. The maximum atomic E-state index is 9.93. The molecule has 1 aliphatic carbocycles. The van der Waals surface area contributed by atoms with Gasteiger partial charge in [0.1, 0.15) is 0 Å². The average molecular weight is 217 g/mol. The summed E-state index contributed by atoms with van der Waals surface area (Å²) in [5, 5.41) is 9.93. The summed E-state index contributed by atoms with van der Waals surface area (Å²) in [7, 11) is 2.17. The van der Waals surface area contributed by atoms with Crippen LogP contribution in [0.3, 0.4) is 0 Å². The van der Waals surface area contributed by atoms with Gasteiger partial charge in [0.2, 0.25) is 0 Å². The zero-order valence-electron chi connectivity index (χ0n) is 10.0. The Balaban J connectivity index is 2.15. The highest BCUT2D eigenvalue weighted by atomic mass is 16.3. The molecule has 1 aromatic carbocycles. The number of nitrogens with zero attached hydrogens (tertiary/aromatic N) is 1. The van der Waals surface area contributed by atoms with Crippen LogP contribution in [0.25, 0.3) is 0 Å². The third-order valence-electron chi connectivity index (χ3n) is 3.89. The Morgan fingerprint density at radius 2 is 2.06 bits per heavy atom. The summed E-state index contributed by atoms with van der Waals surface area (Å²) in [5.41, 5.74) is 5.76. The Bertz CT molecular complexity index is 392. The molecule has 1 N–H and O–H groups in total. The molecule has 0 spiro atoms. The molecule has 16 heavy (non-hydrogen) atoms. The minimum absolute atomic E-state index is 0.140. The van der Waals surface area contributed by atoms with Gasteiger partial charge in [-0.1, -0.05) is 17.7 Å². The normalized spacial score (nSPS) is 28.9. The van der Waals surface area contributed by atoms with E-state index >= 15 is 0 Å². The van der Waals surface area contributed by atoms with Gasteiger partial charge in [-0.2, -0.15) is 0 Å². The van der Waals surface area contributed by atoms with Gasteiger partial charge >= 0.3 is 0 Å². The van der Waals surface area contributed by atoms with E-state index in [-0.39, 0.29) is 6.10 Å². The maximum absolute atomic E-state index is 9.93. The highest BCUT2D eigenvalue weighted by Gasteiger charge is 2.32. The Labute approximate surface area is 96.9 Å². The first-order valence-corrected chi connectivity index (χ1v) is 6.12. The van der Waals surface area contributed by atoms with Gasteiger partial charge in [0.25, 0.3) is 0 Å². The molecule has 0 aromatic heterocycles. The smallest absolute Gasteiger partial charge is 0.0587 e. The lowest BCUT2D eigenvalue weighted by atomic mass is 9.76. The van der Waals surface area contributed by atoms with E-state index in [0.29, 0.717) is 5.92 Å². The zero-order valence-corrected chi connectivity index (χ0v) is 10.0. The summed E-state index contributed by atoms with van der Waals surface area (Å²) in [6.45, 7) is 4.32. The predicted octanol–water partition coefficient (Wildman–Crippen LogP) is 1.83. The van der Waals surface area contributed by atoms with Crippen molar-refractivity contribution < 1.29 is 5.11 Å². The molecule has 1 aromatic rings. The van der Waals surface area contributed by atoms with Crippen LogP contribution in [0, 0.1) is 6.92 Å². The van der Waals surface area contributed by atoms with Crippen molar-refractivity contribution in [3.8, 4) is 0 Å². The topological polar surface area (TPSA) is 23.5 Å². The summed E-state index contributed by atoms with van der Waals surface area (Å²) in [6, 6.07) is 4.58. The van der Waals surface area contributed by atoms with E-state index in [9.17, 15) is 5.11 Å². The largest absolute Gasteiger partial charge is 0.393 e. The lowest BCUT2D eigenvalue weighted by Crippen LogP contribution is -2.36. The average Bonchev–Trinajstić information content (AvgIpc) is 2.14. The molecular formula is C14H19NO. The fourth-order valence-electron chi connectivity index (χ4n) is 3.46. The summed E-state index contributed by atoms with van der Waals surface area (Å²) < 4.78 is 0. The second-order valence-corrected chi connectivity index (χ2v) is 5.48. The van der Waals surface area contributed by atoms with Gasteiger partial charge in [-0.15, -0.1) is 0 Å². The number of hydrogen-bond donors (Lipinski definition) is 1. The maximum Gasteiger partial charge on any atom is 0.0587 e. The van der Waals surface area contributed by atoms with Crippen LogP contribution < -0.4 is 0 Å². The number of rotatable bonds is 0. The minimum Gasteiger partial charge on any atom is -0.393 e. The molecule has 2 atom stereocenters. The molecule has 2 aliphatic rings. The quantitative estimate of drug-likeness (QED) is 0.716. The number of aliphatic hydroxyl groups is 1. The molecule has 3 rings (SSSR count). The first-order chi connectivity index (χ1) is 7.63. The number of likely N-dealkylation sites (N-methyl/N-ethyl adjacent to an activating group) is 1. The van der Waals surface area contributed by atoms with Crippen LogP contribution in [0.4, 0.5) is 0 Å². The highest BCUT2D eigenvalue weighted by Crippen LogP contribution is 2.38. The van der Waals surface area contributed by atoms with Crippen molar-refractivity contribution in [2.24, 2.45) is 0 Å². The van der Waals surface area contributed by atoms with Gasteiger partial charge < -0.3 is 10.0 Å². The molecule has 0 radical (unpaired) electrons. The molecule has 0 saturated heterocycles. The predicted molar refractivity (Wildman–Crippen MR) is 64.6 cm³/mol. The van der Waals surface area contributed by atoms with Crippen LogP contribution in [0.5, 0.6) is 0 Å². The van der Waals surface area contributed by atoms with E-state index in [0.717, 1.165) is 25.9 Å². The first-order valence-electron chi connectivity index (χ1n) is 6.12. The Kier molecular flexibility index (Phi) is 2.30. The third-order valence-corrected chi connectivity index (χ3v) is 3.89. The molecule has 0 bridgehead atoms. The van der Waals surface area contributed by atoms with Crippen LogP contribution >= 0.6 is 0 Å². The second kappa shape index (κ2) is 3.57. The number of aryl methyl sites for hydroxylation is 1. The van der Waals surface area contributed by atoms with Gasteiger partial charge in [0, 0.05) is 13.1 Å². The summed E-state index contributed by atoms with van der Waals surface area (Å²) in [4.78, 5) is 2.37. The Morgan fingerprint density at radius 1 is 1.31 bits per heavy atom. The van der Waals surface area contributed by atoms with Crippen molar-refractivity contribution in [1.82, 2.24) is 4.90 Å². The minimum atomic E-state index is -0.140.